The summed E-state index contributed by atoms with van der Waals surface area (Å²) >= 11 is 0. The number of amides is 1. The Kier molecular flexibility index (Phi) is 4.41. The molecular formula is C17H20N2O. The maximum atomic E-state index is 12.4. The Labute approximate surface area is 119 Å². The highest BCUT2D eigenvalue weighted by Crippen LogP contribution is 2.23. The van der Waals surface area contributed by atoms with E-state index < -0.39 is 0 Å². The van der Waals surface area contributed by atoms with Gasteiger partial charge in [-0.25, -0.2) is 0 Å². The number of carbonyl (C=O) groups is 1. The number of nitrogen functional groups attached to an aromatic ring is 1. The van der Waals surface area contributed by atoms with Crippen molar-refractivity contribution >= 4 is 22.4 Å². The van der Waals surface area contributed by atoms with Crippen molar-refractivity contribution in [3.8, 4) is 0 Å². The second kappa shape index (κ2) is 6.24. The first-order valence-corrected chi connectivity index (χ1v) is 6.78. The van der Waals surface area contributed by atoms with Gasteiger partial charge in [0.15, 0.2) is 0 Å². The fourth-order valence-electron chi connectivity index (χ4n) is 2.22. The summed E-state index contributed by atoms with van der Waals surface area (Å²) in [5, 5.41) is 2.08. The number of unbranched alkanes of at least 4 members (excludes halogenated alkanes) is 1. The molecule has 2 aromatic carbocycles. The van der Waals surface area contributed by atoms with E-state index in [1.807, 2.05) is 42.5 Å². The minimum atomic E-state index is -0.0303. The number of allylic oxidation sites excluding steroid dienone is 1. The fraction of sp³-hybridized carbons (Fsp3) is 0.235. The minimum Gasteiger partial charge on any atom is -0.398 e. The number of hydrogen-bond acceptors (Lipinski definition) is 2. The monoisotopic (exact) mass is 268 g/mol. The summed E-state index contributed by atoms with van der Waals surface area (Å²) in [6.07, 6.45) is 3.69. The van der Waals surface area contributed by atoms with Crippen LogP contribution in [-0.2, 0) is 0 Å². The molecule has 0 unspecified atom stereocenters. The minimum absolute atomic E-state index is 0.0303. The summed E-state index contributed by atoms with van der Waals surface area (Å²) in [5.74, 6) is -0.0303. The molecule has 0 aliphatic carbocycles. The lowest BCUT2D eigenvalue weighted by Gasteiger charge is -2.18. The lowest BCUT2D eigenvalue weighted by molar-refractivity contribution is 0.0795. The third-order valence-electron chi connectivity index (χ3n) is 3.40. The van der Waals surface area contributed by atoms with Crippen molar-refractivity contribution in [1.29, 1.82) is 0 Å². The first-order valence-electron chi connectivity index (χ1n) is 6.78. The molecule has 0 radical (unpaired) electrons. The summed E-state index contributed by atoms with van der Waals surface area (Å²) in [4.78, 5) is 14.1. The summed E-state index contributed by atoms with van der Waals surface area (Å²) < 4.78 is 0. The largest absolute Gasteiger partial charge is 0.398 e. The van der Waals surface area contributed by atoms with Gasteiger partial charge in [-0.3, -0.25) is 4.79 Å². The number of anilines is 1. The highest BCUT2D eigenvalue weighted by Gasteiger charge is 2.15. The van der Waals surface area contributed by atoms with Crippen molar-refractivity contribution in [1.82, 2.24) is 4.90 Å². The molecule has 2 rings (SSSR count). The van der Waals surface area contributed by atoms with Gasteiger partial charge in [-0.15, -0.1) is 6.58 Å². The van der Waals surface area contributed by atoms with Gasteiger partial charge in [0.2, 0.25) is 0 Å². The van der Waals surface area contributed by atoms with Gasteiger partial charge in [0, 0.05) is 19.3 Å². The van der Waals surface area contributed by atoms with Crippen LogP contribution in [-0.4, -0.2) is 24.4 Å². The molecule has 0 aliphatic heterocycles. The molecule has 1 amide bonds. The molecular weight excluding hydrogens is 248 g/mol. The SMILES string of the molecule is C=CCCCN(C)C(=O)c1cc2ccccc2cc1N. The smallest absolute Gasteiger partial charge is 0.255 e. The number of rotatable bonds is 5. The van der Waals surface area contributed by atoms with Crippen LogP contribution in [0.3, 0.4) is 0 Å². The van der Waals surface area contributed by atoms with E-state index in [2.05, 4.69) is 6.58 Å². The summed E-state index contributed by atoms with van der Waals surface area (Å²) in [6.45, 7) is 4.39. The van der Waals surface area contributed by atoms with Gasteiger partial charge < -0.3 is 10.6 Å². The summed E-state index contributed by atoms with van der Waals surface area (Å²) in [7, 11) is 1.81. The van der Waals surface area contributed by atoms with Crippen molar-refractivity contribution in [2.45, 2.75) is 12.8 Å². The van der Waals surface area contributed by atoms with Crippen LogP contribution < -0.4 is 5.73 Å². The number of nitrogens with two attached hydrogens (primary N) is 1. The van der Waals surface area contributed by atoms with E-state index in [1.54, 1.807) is 11.9 Å². The molecule has 2 N–H and O–H groups in total. The van der Waals surface area contributed by atoms with E-state index >= 15 is 0 Å². The molecule has 3 nitrogen and oxygen atoms in total. The van der Waals surface area contributed by atoms with Gasteiger partial charge in [0.1, 0.15) is 0 Å². The van der Waals surface area contributed by atoms with E-state index in [-0.39, 0.29) is 5.91 Å². The highest BCUT2D eigenvalue weighted by molar-refractivity contribution is 6.03. The fourth-order valence-corrected chi connectivity index (χ4v) is 2.22. The summed E-state index contributed by atoms with van der Waals surface area (Å²) in [6, 6.07) is 11.6. The predicted octanol–water partition coefficient (Wildman–Crippen LogP) is 3.46. The molecule has 2 aromatic rings. The molecule has 0 atom stereocenters. The number of carbonyl (C=O) groups excluding carboxylic acids is 1. The Morgan fingerprint density at radius 2 is 1.95 bits per heavy atom. The third-order valence-corrected chi connectivity index (χ3v) is 3.40. The maximum Gasteiger partial charge on any atom is 0.255 e. The molecule has 0 bridgehead atoms. The quantitative estimate of drug-likeness (QED) is 0.513. The van der Waals surface area contributed by atoms with Gasteiger partial charge in [-0.1, -0.05) is 30.3 Å². The molecule has 0 spiro atoms. The predicted molar refractivity (Wildman–Crippen MR) is 84.8 cm³/mol. The van der Waals surface area contributed by atoms with E-state index in [9.17, 15) is 4.79 Å². The molecule has 0 saturated heterocycles. The third kappa shape index (κ3) is 2.99. The number of nitrogens with zero attached hydrogens (tertiary/aromatic N) is 1. The van der Waals surface area contributed by atoms with Gasteiger partial charge in [-0.2, -0.15) is 0 Å². The molecule has 0 saturated carbocycles. The lowest BCUT2D eigenvalue weighted by atomic mass is 10.0. The van der Waals surface area contributed by atoms with Gasteiger partial charge in [0.05, 0.1) is 5.56 Å². The number of fused-ring (bicyclic) bond motifs is 1. The van der Waals surface area contributed by atoms with Crippen molar-refractivity contribution in [2.75, 3.05) is 19.3 Å². The Hall–Kier alpha value is -2.29. The van der Waals surface area contributed by atoms with E-state index in [1.165, 1.54) is 0 Å². The Balaban J connectivity index is 2.25. The van der Waals surface area contributed by atoms with Crippen molar-refractivity contribution in [2.24, 2.45) is 0 Å². The summed E-state index contributed by atoms with van der Waals surface area (Å²) in [5.41, 5.74) is 7.12. The highest BCUT2D eigenvalue weighted by atomic mass is 16.2. The standard InChI is InChI=1S/C17H20N2O/c1-3-4-7-10-19(2)17(20)15-11-13-8-5-6-9-14(13)12-16(15)18/h3,5-6,8-9,11-12H,1,4,7,10,18H2,2H3. The van der Waals surface area contributed by atoms with Crippen molar-refractivity contribution in [3.63, 3.8) is 0 Å². The molecule has 0 aromatic heterocycles. The first kappa shape index (κ1) is 14.1. The van der Waals surface area contributed by atoms with Gasteiger partial charge in [-0.05, 0) is 35.7 Å². The van der Waals surface area contributed by atoms with Crippen LogP contribution in [0.1, 0.15) is 23.2 Å². The number of benzene rings is 2. The van der Waals surface area contributed by atoms with Crippen LogP contribution in [0.5, 0.6) is 0 Å². The molecule has 0 heterocycles. The second-order valence-corrected chi connectivity index (χ2v) is 4.94. The Morgan fingerprint density at radius 1 is 1.30 bits per heavy atom. The van der Waals surface area contributed by atoms with Crippen LogP contribution in [0.25, 0.3) is 10.8 Å². The normalized spacial score (nSPS) is 10.4. The average Bonchev–Trinajstić information content (AvgIpc) is 2.46. The first-order chi connectivity index (χ1) is 9.63. The van der Waals surface area contributed by atoms with E-state index in [0.717, 1.165) is 23.6 Å². The van der Waals surface area contributed by atoms with E-state index in [4.69, 9.17) is 5.73 Å². The molecule has 104 valence electrons. The molecule has 20 heavy (non-hydrogen) atoms. The Bertz CT molecular complexity index is 634. The van der Waals surface area contributed by atoms with E-state index in [0.29, 0.717) is 17.8 Å². The second-order valence-electron chi connectivity index (χ2n) is 4.94. The van der Waals surface area contributed by atoms with Crippen LogP contribution in [0.2, 0.25) is 0 Å². The van der Waals surface area contributed by atoms with Crippen molar-refractivity contribution < 1.29 is 4.79 Å². The average molecular weight is 268 g/mol. The molecule has 0 aliphatic rings. The molecule has 0 fully saturated rings. The number of hydrogen-bond donors (Lipinski definition) is 1. The zero-order chi connectivity index (χ0) is 14.5. The van der Waals surface area contributed by atoms with Crippen LogP contribution in [0.15, 0.2) is 49.1 Å². The maximum absolute atomic E-state index is 12.4. The van der Waals surface area contributed by atoms with Crippen LogP contribution in [0.4, 0.5) is 5.69 Å². The zero-order valence-electron chi connectivity index (χ0n) is 11.8. The topological polar surface area (TPSA) is 46.3 Å². The lowest BCUT2D eigenvalue weighted by Crippen LogP contribution is -2.28. The van der Waals surface area contributed by atoms with Crippen molar-refractivity contribution in [3.05, 3.63) is 54.6 Å². The Morgan fingerprint density at radius 3 is 2.60 bits per heavy atom. The van der Waals surface area contributed by atoms with Crippen LogP contribution >= 0.6 is 0 Å². The zero-order valence-corrected chi connectivity index (χ0v) is 11.8. The van der Waals surface area contributed by atoms with Gasteiger partial charge in [0.25, 0.3) is 5.91 Å². The van der Waals surface area contributed by atoms with Gasteiger partial charge >= 0.3 is 0 Å². The molecule has 3 heteroatoms. The van der Waals surface area contributed by atoms with Crippen LogP contribution in [0, 0.1) is 0 Å².